The Morgan fingerprint density at radius 3 is 2.32 bits per heavy atom. The molecule has 1 atom stereocenters. The lowest BCUT2D eigenvalue weighted by molar-refractivity contribution is 0.187. The number of anilines is 1. The van der Waals surface area contributed by atoms with Gasteiger partial charge in [0.05, 0.1) is 11.4 Å². The molecule has 0 aliphatic carbocycles. The number of hydrogen-bond acceptors (Lipinski definition) is 5. The average Bonchev–Trinajstić information content (AvgIpc) is 3.41. The summed E-state index contributed by atoms with van der Waals surface area (Å²) in [5, 5.41) is 7.18. The van der Waals surface area contributed by atoms with E-state index >= 15 is 0 Å². The number of thiophene rings is 1. The second kappa shape index (κ2) is 11.0. The highest BCUT2D eigenvalue weighted by Gasteiger charge is 2.27. The second-order valence-electron chi connectivity index (χ2n) is 9.39. The highest BCUT2D eigenvalue weighted by molar-refractivity contribution is 7.10. The van der Waals surface area contributed by atoms with E-state index in [1.54, 1.807) is 0 Å². The van der Waals surface area contributed by atoms with Crippen LogP contribution >= 0.6 is 11.3 Å². The lowest BCUT2D eigenvalue weighted by Gasteiger charge is -2.37. The molecule has 1 aliphatic rings. The molecule has 7 heteroatoms. The van der Waals surface area contributed by atoms with Crippen molar-refractivity contribution in [1.82, 2.24) is 19.6 Å². The first-order valence-corrected chi connectivity index (χ1v) is 13.4. The molecule has 5 nitrogen and oxygen atoms in total. The summed E-state index contributed by atoms with van der Waals surface area (Å²) < 4.78 is 15.7. The van der Waals surface area contributed by atoms with Crippen LogP contribution in [0.25, 0.3) is 5.69 Å². The molecular formula is C27H38FN5S. The van der Waals surface area contributed by atoms with E-state index < -0.39 is 0 Å². The third-order valence-corrected chi connectivity index (χ3v) is 8.25. The predicted octanol–water partition coefficient (Wildman–Crippen LogP) is 5.63. The van der Waals surface area contributed by atoms with Crippen LogP contribution in [0.15, 0.2) is 35.7 Å². The molecule has 34 heavy (non-hydrogen) atoms. The monoisotopic (exact) mass is 483 g/mol. The summed E-state index contributed by atoms with van der Waals surface area (Å²) in [5.41, 5.74) is 4.61. The van der Waals surface area contributed by atoms with Gasteiger partial charge in [0.1, 0.15) is 11.6 Å². The van der Waals surface area contributed by atoms with Gasteiger partial charge in [-0.2, -0.15) is 5.10 Å². The lowest BCUT2D eigenvalue weighted by atomic mass is 10.1. The Balaban J connectivity index is 1.72. The molecule has 1 aliphatic heterocycles. The zero-order valence-electron chi connectivity index (χ0n) is 21.2. The molecule has 3 heterocycles. The molecular weight excluding hydrogens is 445 g/mol. The smallest absolute Gasteiger partial charge is 0.137 e. The van der Waals surface area contributed by atoms with Crippen LogP contribution in [0.1, 0.15) is 48.9 Å². The summed E-state index contributed by atoms with van der Waals surface area (Å²) in [6.07, 6.45) is 1.10. The number of aryl methyl sites for hydroxylation is 2. The Labute approximate surface area is 207 Å². The molecule has 0 radical (unpaired) electrons. The van der Waals surface area contributed by atoms with Crippen molar-refractivity contribution in [2.24, 2.45) is 0 Å². The molecule has 1 fully saturated rings. The number of aromatic nitrogens is 2. The van der Waals surface area contributed by atoms with Gasteiger partial charge < -0.3 is 9.80 Å². The maximum absolute atomic E-state index is 13.7. The van der Waals surface area contributed by atoms with E-state index in [4.69, 9.17) is 5.10 Å². The van der Waals surface area contributed by atoms with E-state index in [0.29, 0.717) is 6.04 Å². The summed E-state index contributed by atoms with van der Waals surface area (Å²) in [4.78, 5) is 8.99. The molecule has 0 spiro atoms. The van der Waals surface area contributed by atoms with Crippen molar-refractivity contribution in [1.29, 1.82) is 0 Å². The summed E-state index contributed by atoms with van der Waals surface area (Å²) in [5.74, 6) is 0.941. The van der Waals surface area contributed by atoms with Crippen LogP contribution in [-0.2, 0) is 13.1 Å². The fourth-order valence-corrected chi connectivity index (χ4v) is 5.61. The molecule has 1 saturated heterocycles. The van der Waals surface area contributed by atoms with Gasteiger partial charge in [0.25, 0.3) is 0 Å². The average molecular weight is 484 g/mol. The first-order chi connectivity index (χ1) is 16.4. The number of nitrogens with zero attached hydrogens (tertiary/aromatic N) is 5. The van der Waals surface area contributed by atoms with E-state index in [1.165, 1.54) is 28.1 Å². The SMILES string of the molecule is CC[C@H](C)N(Cc1sccc1C)Cc1c(C)nn(-c2ccc(F)cc2)c1N1CCN(CC)CC1. The summed E-state index contributed by atoms with van der Waals surface area (Å²) in [6.45, 7) is 18.1. The number of rotatable bonds is 9. The first-order valence-electron chi connectivity index (χ1n) is 12.5. The van der Waals surface area contributed by atoms with Crippen molar-refractivity contribution in [3.05, 3.63) is 63.2 Å². The van der Waals surface area contributed by atoms with Crippen molar-refractivity contribution >= 4 is 17.2 Å². The largest absolute Gasteiger partial charge is 0.354 e. The zero-order chi connectivity index (χ0) is 24.2. The number of piperazine rings is 1. The summed E-state index contributed by atoms with van der Waals surface area (Å²) in [7, 11) is 0. The maximum Gasteiger partial charge on any atom is 0.137 e. The fraction of sp³-hybridized carbons (Fsp3) is 0.519. The molecule has 1 aromatic carbocycles. The van der Waals surface area contributed by atoms with Crippen molar-refractivity contribution in [3.8, 4) is 5.69 Å². The van der Waals surface area contributed by atoms with E-state index in [2.05, 4.69) is 60.8 Å². The highest BCUT2D eigenvalue weighted by Crippen LogP contribution is 2.31. The number of halogens is 1. The van der Waals surface area contributed by atoms with Crippen LogP contribution in [0.4, 0.5) is 10.2 Å². The molecule has 0 amide bonds. The van der Waals surface area contributed by atoms with Crippen molar-refractivity contribution in [3.63, 3.8) is 0 Å². The van der Waals surface area contributed by atoms with Gasteiger partial charge in [-0.05, 0) is 75.0 Å². The Hall–Kier alpha value is -2.22. The molecule has 3 aromatic rings. The molecule has 0 N–H and O–H groups in total. The summed E-state index contributed by atoms with van der Waals surface area (Å²) >= 11 is 1.84. The highest BCUT2D eigenvalue weighted by atomic mass is 32.1. The molecule has 0 unspecified atom stereocenters. The Morgan fingerprint density at radius 1 is 1.03 bits per heavy atom. The Morgan fingerprint density at radius 2 is 1.74 bits per heavy atom. The van der Waals surface area contributed by atoms with Crippen molar-refractivity contribution in [2.75, 3.05) is 37.6 Å². The van der Waals surface area contributed by atoms with Crippen LogP contribution in [0, 0.1) is 19.7 Å². The van der Waals surface area contributed by atoms with Crippen LogP contribution in [0.2, 0.25) is 0 Å². The first kappa shape index (κ1) is 24.9. The second-order valence-corrected chi connectivity index (χ2v) is 10.4. The van der Waals surface area contributed by atoms with Gasteiger partial charge in [-0.15, -0.1) is 11.3 Å². The van der Waals surface area contributed by atoms with Crippen LogP contribution in [0.5, 0.6) is 0 Å². The Kier molecular flexibility index (Phi) is 8.06. The number of likely N-dealkylation sites (N-methyl/N-ethyl adjacent to an activating group) is 1. The third-order valence-electron chi connectivity index (χ3n) is 7.24. The minimum absolute atomic E-state index is 0.222. The quantitative estimate of drug-likeness (QED) is 0.394. The number of hydrogen-bond donors (Lipinski definition) is 0. The minimum atomic E-state index is -0.222. The maximum atomic E-state index is 13.7. The molecule has 0 bridgehead atoms. The predicted molar refractivity (Wildman–Crippen MR) is 141 cm³/mol. The molecule has 2 aromatic heterocycles. The van der Waals surface area contributed by atoms with Gasteiger partial charge in [-0.1, -0.05) is 13.8 Å². The zero-order valence-corrected chi connectivity index (χ0v) is 22.0. The van der Waals surface area contributed by atoms with Crippen LogP contribution in [0.3, 0.4) is 0 Å². The van der Waals surface area contributed by atoms with Crippen LogP contribution < -0.4 is 4.90 Å². The summed E-state index contributed by atoms with van der Waals surface area (Å²) in [6, 6.07) is 9.38. The third kappa shape index (κ3) is 5.37. The minimum Gasteiger partial charge on any atom is -0.354 e. The standard InChI is InChI=1S/C27H38FN5S/c1-6-21(4)32(19-26-20(3)12-17-34-26)18-25-22(5)29-33(24-10-8-23(28)9-11-24)27(25)31-15-13-30(7-2)14-16-31/h8-12,17,21H,6-7,13-16,18-19H2,1-5H3/t21-/m0/s1. The molecule has 0 saturated carbocycles. The van der Waals surface area contributed by atoms with E-state index in [-0.39, 0.29) is 5.82 Å². The lowest BCUT2D eigenvalue weighted by Crippen LogP contribution is -2.47. The van der Waals surface area contributed by atoms with Crippen molar-refractivity contribution in [2.45, 2.75) is 60.2 Å². The topological polar surface area (TPSA) is 27.5 Å². The molecule has 184 valence electrons. The van der Waals surface area contributed by atoms with E-state index in [9.17, 15) is 4.39 Å². The van der Waals surface area contributed by atoms with Gasteiger partial charge in [-0.25, -0.2) is 9.07 Å². The van der Waals surface area contributed by atoms with Gasteiger partial charge in [0.2, 0.25) is 0 Å². The van der Waals surface area contributed by atoms with E-state index in [0.717, 1.165) is 69.4 Å². The van der Waals surface area contributed by atoms with Gasteiger partial charge >= 0.3 is 0 Å². The van der Waals surface area contributed by atoms with E-state index in [1.807, 2.05) is 28.2 Å². The van der Waals surface area contributed by atoms with Crippen molar-refractivity contribution < 1.29 is 4.39 Å². The van der Waals surface area contributed by atoms with Gasteiger partial charge in [0.15, 0.2) is 0 Å². The normalized spacial score (nSPS) is 15.9. The Bertz CT molecular complexity index is 1070. The fourth-order valence-electron chi connectivity index (χ4n) is 4.67. The molecule has 4 rings (SSSR count). The number of benzene rings is 1. The van der Waals surface area contributed by atoms with Gasteiger partial charge in [-0.3, -0.25) is 4.90 Å². The van der Waals surface area contributed by atoms with Gasteiger partial charge in [0, 0.05) is 55.8 Å². The van der Waals surface area contributed by atoms with Crippen LogP contribution in [-0.4, -0.2) is 58.3 Å².